The van der Waals surface area contributed by atoms with Crippen molar-refractivity contribution in [3.63, 3.8) is 0 Å². The maximum Gasteiger partial charge on any atom is 0.573 e. The Balaban J connectivity index is 0.00000200. The van der Waals surface area contributed by atoms with Crippen LogP contribution in [0, 0.1) is 0 Å². The topological polar surface area (TPSA) is 50.4 Å². The minimum absolute atomic E-state index is 0. The Bertz CT molecular complexity index is 462. The summed E-state index contributed by atoms with van der Waals surface area (Å²) in [6.45, 7) is 0.773. The van der Waals surface area contributed by atoms with Crippen LogP contribution in [-0.2, 0) is 4.79 Å². The van der Waals surface area contributed by atoms with Gasteiger partial charge in [0.15, 0.2) is 0 Å². The molecule has 1 amide bonds. The van der Waals surface area contributed by atoms with Gasteiger partial charge in [0, 0.05) is 11.8 Å². The first-order valence-corrected chi connectivity index (χ1v) is 5.84. The Morgan fingerprint density at radius 2 is 2.15 bits per heavy atom. The number of ether oxygens (including phenoxy) is 1. The molecule has 1 aromatic carbocycles. The fourth-order valence-electron chi connectivity index (χ4n) is 1.91. The standard InChI is InChI=1S/C12H13F3N2O2.ClH/c13-12(14,15)19-9-4-1-3-8(7-9)17-11(18)10-5-2-6-16-10;/h1,3-4,7,10,16H,2,5-6H2,(H,17,18);1H. The van der Waals surface area contributed by atoms with Crippen molar-refractivity contribution in [1.82, 2.24) is 5.32 Å². The lowest BCUT2D eigenvalue weighted by Gasteiger charge is -2.13. The van der Waals surface area contributed by atoms with E-state index in [0.29, 0.717) is 0 Å². The van der Waals surface area contributed by atoms with Crippen molar-refractivity contribution in [3.05, 3.63) is 24.3 Å². The van der Waals surface area contributed by atoms with Crippen LogP contribution < -0.4 is 15.4 Å². The smallest absolute Gasteiger partial charge is 0.406 e. The third-order valence-electron chi connectivity index (χ3n) is 2.71. The molecule has 0 aliphatic carbocycles. The van der Waals surface area contributed by atoms with E-state index in [0.717, 1.165) is 25.5 Å². The first kappa shape index (κ1) is 16.6. The molecule has 0 radical (unpaired) electrons. The van der Waals surface area contributed by atoms with Crippen molar-refractivity contribution < 1.29 is 22.7 Å². The molecule has 20 heavy (non-hydrogen) atoms. The molecule has 1 saturated heterocycles. The van der Waals surface area contributed by atoms with Gasteiger partial charge in [-0.2, -0.15) is 0 Å². The van der Waals surface area contributed by atoms with Gasteiger partial charge in [0.2, 0.25) is 5.91 Å². The molecule has 4 nitrogen and oxygen atoms in total. The van der Waals surface area contributed by atoms with Crippen molar-refractivity contribution in [3.8, 4) is 5.75 Å². The van der Waals surface area contributed by atoms with E-state index < -0.39 is 6.36 Å². The SMILES string of the molecule is Cl.O=C(Nc1cccc(OC(F)(F)F)c1)C1CCCN1. The van der Waals surface area contributed by atoms with Crippen LogP contribution in [0.4, 0.5) is 18.9 Å². The molecule has 8 heteroatoms. The number of hydrogen-bond donors (Lipinski definition) is 2. The molecule has 1 heterocycles. The number of benzene rings is 1. The van der Waals surface area contributed by atoms with Crippen LogP contribution in [0.25, 0.3) is 0 Å². The number of rotatable bonds is 3. The predicted molar refractivity (Wildman–Crippen MR) is 70.0 cm³/mol. The molecular weight excluding hydrogens is 297 g/mol. The van der Waals surface area contributed by atoms with Crippen LogP contribution >= 0.6 is 12.4 Å². The average Bonchev–Trinajstić information content (AvgIpc) is 2.80. The van der Waals surface area contributed by atoms with Crippen LogP contribution in [0.2, 0.25) is 0 Å². The van der Waals surface area contributed by atoms with Crippen molar-refractivity contribution >= 4 is 24.0 Å². The Morgan fingerprint density at radius 1 is 1.40 bits per heavy atom. The molecule has 1 aliphatic heterocycles. The number of alkyl halides is 3. The summed E-state index contributed by atoms with van der Waals surface area (Å²) in [5.41, 5.74) is 0.278. The van der Waals surface area contributed by atoms with Gasteiger partial charge < -0.3 is 15.4 Å². The Morgan fingerprint density at radius 3 is 2.75 bits per heavy atom. The van der Waals surface area contributed by atoms with E-state index in [2.05, 4.69) is 15.4 Å². The lowest BCUT2D eigenvalue weighted by Crippen LogP contribution is -2.35. The summed E-state index contributed by atoms with van der Waals surface area (Å²) < 4.78 is 40.0. The third-order valence-corrected chi connectivity index (χ3v) is 2.71. The van der Waals surface area contributed by atoms with Gasteiger partial charge in [0.25, 0.3) is 0 Å². The Kier molecular flexibility index (Phi) is 5.64. The number of anilines is 1. The fraction of sp³-hybridized carbons (Fsp3) is 0.417. The number of halogens is 4. The molecule has 1 aliphatic rings. The zero-order chi connectivity index (χ0) is 13.9. The highest BCUT2D eigenvalue weighted by Crippen LogP contribution is 2.25. The lowest BCUT2D eigenvalue weighted by atomic mass is 10.2. The molecule has 1 unspecified atom stereocenters. The molecule has 0 saturated carbocycles. The summed E-state index contributed by atoms with van der Waals surface area (Å²) in [6, 6.07) is 4.93. The van der Waals surface area contributed by atoms with E-state index in [1.165, 1.54) is 18.2 Å². The van der Waals surface area contributed by atoms with Gasteiger partial charge in [-0.05, 0) is 31.5 Å². The molecular formula is C12H14ClF3N2O2. The number of hydrogen-bond acceptors (Lipinski definition) is 3. The van der Waals surface area contributed by atoms with Crippen molar-refractivity contribution in [2.75, 3.05) is 11.9 Å². The normalized spacial score (nSPS) is 18.2. The van der Waals surface area contributed by atoms with Gasteiger partial charge in [0.05, 0.1) is 6.04 Å². The predicted octanol–water partition coefficient (Wildman–Crippen LogP) is 2.70. The average molecular weight is 311 g/mol. The minimum atomic E-state index is -4.74. The first-order valence-electron chi connectivity index (χ1n) is 5.84. The second-order valence-electron chi connectivity index (χ2n) is 4.21. The van der Waals surface area contributed by atoms with E-state index in [9.17, 15) is 18.0 Å². The zero-order valence-electron chi connectivity index (χ0n) is 10.4. The van der Waals surface area contributed by atoms with Gasteiger partial charge in [-0.3, -0.25) is 4.79 Å². The molecule has 1 aromatic rings. The van der Waals surface area contributed by atoms with E-state index in [1.54, 1.807) is 0 Å². The van der Waals surface area contributed by atoms with Gasteiger partial charge in [-0.1, -0.05) is 6.07 Å². The quantitative estimate of drug-likeness (QED) is 0.902. The summed E-state index contributed by atoms with van der Waals surface area (Å²) in [5.74, 6) is -0.605. The molecule has 0 bridgehead atoms. The highest BCUT2D eigenvalue weighted by molar-refractivity contribution is 5.95. The number of amides is 1. The molecule has 2 rings (SSSR count). The Labute approximate surface area is 120 Å². The van der Waals surface area contributed by atoms with E-state index >= 15 is 0 Å². The van der Waals surface area contributed by atoms with Crippen LogP contribution in [0.1, 0.15) is 12.8 Å². The van der Waals surface area contributed by atoms with Crippen LogP contribution in [0.5, 0.6) is 5.75 Å². The maximum absolute atomic E-state index is 12.1. The highest BCUT2D eigenvalue weighted by Gasteiger charge is 2.31. The van der Waals surface area contributed by atoms with Crippen molar-refractivity contribution in [2.45, 2.75) is 25.2 Å². The van der Waals surface area contributed by atoms with Crippen molar-refractivity contribution in [2.24, 2.45) is 0 Å². The largest absolute Gasteiger partial charge is 0.573 e. The van der Waals surface area contributed by atoms with E-state index in [4.69, 9.17) is 0 Å². The van der Waals surface area contributed by atoms with Crippen LogP contribution in [-0.4, -0.2) is 24.9 Å². The second kappa shape index (κ2) is 6.81. The minimum Gasteiger partial charge on any atom is -0.406 e. The van der Waals surface area contributed by atoms with Crippen molar-refractivity contribution in [1.29, 1.82) is 0 Å². The second-order valence-corrected chi connectivity index (χ2v) is 4.21. The third kappa shape index (κ3) is 4.90. The summed E-state index contributed by atoms with van der Waals surface area (Å²) in [4.78, 5) is 11.8. The summed E-state index contributed by atoms with van der Waals surface area (Å²) in [5, 5.41) is 5.57. The summed E-state index contributed by atoms with van der Waals surface area (Å²) in [7, 11) is 0. The zero-order valence-corrected chi connectivity index (χ0v) is 11.2. The number of carbonyl (C=O) groups is 1. The van der Waals surface area contributed by atoms with Crippen LogP contribution in [0.15, 0.2) is 24.3 Å². The van der Waals surface area contributed by atoms with Gasteiger partial charge >= 0.3 is 6.36 Å². The number of nitrogens with one attached hydrogen (secondary N) is 2. The van der Waals surface area contributed by atoms with Gasteiger partial charge in [0.1, 0.15) is 5.75 Å². The number of carbonyl (C=O) groups excluding carboxylic acids is 1. The fourth-order valence-corrected chi connectivity index (χ4v) is 1.91. The molecule has 1 fully saturated rings. The van der Waals surface area contributed by atoms with E-state index in [1.807, 2.05) is 0 Å². The molecule has 2 N–H and O–H groups in total. The molecule has 112 valence electrons. The summed E-state index contributed by atoms with van der Waals surface area (Å²) in [6.07, 6.45) is -3.10. The van der Waals surface area contributed by atoms with Gasteiger partial charge in [-0.25, -0.2) is 0 Å². The molecule has 0 aromatic heterocycles. The molecule has 0 spiro atoms. The van der Waals surface area contributed by atoms with E-state index in [-0.39, 0.29) is 35.8 Å². The van der Waals surface area contributed by atoms with Gasteiger partial charge in [-0.15, -0.1) is 25.6 Å². The highest BCUT2D eigenvalue weighted by atomic mass is 35.5. The summed E-state index contributed by atoms with van der Waals surface area (Å²) >= 11 is 0. The Hall–Kier alpha value is -1.47. The molecule has 1 atom stereocenters. The maximum atomic E-state index is 12.1. The lowest BCUT2D eigenvalue weighted by molar-refractivity contribution is -0.274. The first-order chi connectivity index (χ1) is 8.94. The van der Waals surface area contributed by atoms with Crippen LogP contribution in [0.3, 0.4) is 0 Å². The monoisotopic (exact) mass is 310 g/mol.